The van der Waals surface area contributed by atoms with Crippen LogP contribution in [0.5, 0.6) is 0 Å². The van der Waals surface area contributed by atoms with Crippen molar-refractivity contribution in [2.45, 2.75) is 19.5 Å². The van der Waals surface area contributed by atoms with Crippen molar-refractivity contribution in [3.63, 3.8) is 0 Å². The Bertz CT molecular complexity index is 646. The highest BCUT2D eigenvalue weighted by atomic mass is 35.5. The first-order valence-electron chi connectivity index (χ1n) is 7.28. The summed E-state index contributed by atoms with van der Waals surface area (Å²) >= 11 is 0. The number of aryl methyl sites for hydroxylation is 1. The van der Waals surface area contributed by atoms with E-state index < -0.39 is 6.04 Å². The van der Waals surface area contributed by atoms with E-state index in [1.807, 2.05) is 18.2 Å². The van der Waals surface area contributed by atoms with E-state index >= 15 is 0 Å². The van der Waals surface area contributed by atoms with E-state index in [9.17, 15) is 4.79 Å². The van der Waals surface area contributed by atoms with Gasteiger partial charge in [-0.15, -0.1) is 12.4 Å². The number of methoxy groups -OCH3 is 1. The molecule has 124 valence electrons. The van der Waals surface area contributed by atoms with Crippen LogP contribution in [0, 0.1) is 6.92 Å². The van der Waals surface area contributed by atoms with E-state index in [0.717, 1.165) is 11.1 Å². The Balaban J connectivity index is 0.00000264. The molecule has 0 heterocycles. The molecule has 3 N–H and O–H groups in total. The van der Waals surface area contributed by atoms with Crippen LogP contribution in [0.2, 0.25) is 0 Å². The second kappa shape index (κ2) is 9.30. The lowest BCUT2D eigenvalue weighted by molar-refractivity contribution is -0.123. The highest BCUT2D eigenvalue weighted by Gasteiger charge is 2.12. The molecule has 23 heavy (non-hydrogen) atoms. The van der Waals surface area contributed by atoms with Crippen LogP contribution in [-0.4, -0.2) is 25.7 Å². The summed E-state index contributed by atoms with van der Waals surface area (Å²) in [5.41, 5.74) is 10.3. The second-order valence-corrected chi connectivity index (χ2v) is 5.35. The first kappa shape index (κ1) is 19.2. The molecular weight excluding hydrogens is 312 g/mol. The molecule has 0 aliphatic heterocycles. The number of nitrogens with one attached hydrogen (secondary N) is 1. The molecule has 0 aromatic heterocycles. The number of halogens is 1. The van der Waals surface area contributed by atoms with Crippen LogP contribution in [0.25, 0.3) is 11.1 Å². The Kier molecular flexibility index (Phi) is 7.75. The number of hydrogen-bond acceptors (Lipinski definition) is 3. The summed E-state index contributed by atoms with van der Waals surface area (Å²) < 4.78 is 4.88. The van der Waals surface area contributed by atoms with Crippen molar-refractivity contribution < 1.29 is 9.53 Å². The lowest BCUT2D eigenvalue weighted by Gasteiger charge is -2.12. The number of hydrogen-bond donors (Lipinski definition) is 2. The van der Waals surface area contributed by atoms with Gasteiger partial charge in [0.1, 0.15) is 6.04 Å². The molecule has 0 fully saturated rings. The number of benzene rings is 2. The molecule has 0 saturated carbocycles. The lowest BCUT2D eigenvalue weighted by atomic mass is 10.0. The third kappa shape index (κ3) is 5.67. The van der Waals surface area contributed by atoms with Gasteiger partial charge in [-0.1, -0.05) is 48.0 Å². The maximum absolute atomic E-state index is 11.8. The van der Waals surface area contributed by atoms with Crippen molar-refractivity contribution in [2.75, 3.05) is 13.7 Å². The molecular formula is C18H23ClN2O2. The molecule has 1 atom stereocenters. The van der Waals surface area contributed by atoms with Crippen molar-refractivity contribution in [1.82, 2.24) is 5.32 Å². The standard InChI is InChI=1S/C18H22N2O2.ClH/c1-13-5-3-7-15(9-13)16-8-4-6-14(10-16)11-20-18(21)17(19)12-22-2;/h3-10,17H,11-12,19H2,1-2H3,(H,20,21);1H. The molecule has 1 unspecified atom stereocenters. The quantitative estimate of drug-likeness (QED) is 0.853. The zero-order valence-electron chi connectivity index (χ0n) is 13.4. The molecule has 4 nitrogen and oxygen atoms in total. The van der Waals surface area contributed by atoms with Crippen LogP contribution >= 0.6 is 12.4 Å². The van der Waals surface area contributed by atoms with Gasteiger partial charge in [0.25, 0.3) is 0 Å². The Morgan fingerprint density at radius 1 is 1.17 bits per heavy atom. The van der Waals surface area contributed by atoms with Gasteiger partial charge in [-0.2, -0.15) is 0 Å². The summed E-state index contributed by atoms with van der Waals surface area (Å²) in [7, 11) is 1.53. The van der Waals surface area contributed by atoms with Crippen LogP contribution in [0.15, 0.2) is 48.5 Å². The van der Waals surface area contributed by atoms with Gasteiger partial charge in [-0.25, -0.2) is 0 Å². The van der Waals surface area contributed by atoms with Gasteiger partial charge in [-0.05, 0) is 29.7 Å². The van der Waals surface area contributed by atoms with Gasteiger partial charge in [-0.3, -0.25) is 4.79 Å². The molecule has 0 radical (unpaired) electrons. The van der Waals surface area contributed by atoms with Crippen LogP contribution in [0.1, 0.15) is 11.1 Å². The van der Waals surface area contributed by atoms with Crippen molar-refractivity contribution in [3.05, 3.63) is 59.7 Å². The number of amides is 1. The first-order valence-corrected chi connectivity index (χ1v) is 7.28. The SMILES string of the molecule is COCC(N)C(=O)NCc1cccc(-c2cccc(C)c2)c1.Cl. The maximum Gasteiger partial charge on any atom is 0.239 e. The zero-order chi connectivity index (χ0) is 15.9. The maximum atomic E-state index is 11.8. The van der Waals surface area contributed by atoms with Crippen LogP contribution in [-0.2, 0) is 16.1 Å². The van der Waals surface area contributed by atoms with Crippen molar-refractivity contribution in [3.8, 4) is 11.1 Å². The summed E-state index contributed by atoms with van der Waals surface area (Å²) in [6.45, 7) is 2.75. The largest absolute Gasteiger partial charge is 0.383 e. The minimum Gasteiger partial charge on any atom is -0.383 e. The second-order valence-electron chi connectivity index (χ2n) is 5.35. The third-order valence-electron chi connectivity index (χ3n) is 3.43. The average molecular weight is 335 g/mol. The van der Waals surface area contributed by atoms with E-state index in [-0.39, 0.29) is 24.9 Å². The van der Waals surface area contributed by atoms with Crippen molar-refractivity contribution in [2.24, 2.45) is 5.73 Å². The summed E-state index contributed by atoms with van der Waals surface area (Å²) in [5, 5.41) is 2.83. The number of nitrogens with two attached hydrogens (primary N) is 1. The fourth-order valence-corrected chi connectivity index (χ4v) is 2.26. The van der Waals surface area contributed by atoms with Gasteiger partial charge >= 0.3 is 0 Å². The normalized spacial score (nSPS) is 11.4. The number of rotatable bonds is 6. The van der Waals surface area contributed by atoms with Gasteiger partial charge in [0, 0.05) is 13.7 Å². The Morgan fingerprint density at radius 3 is 2.48 bits per heavy atom. The number of carbonyl (C=O) groups is 1. The number of ether oxygens (including phenoxy) is 1. The smallest absolute Gasteiger partial charge is 0.239 e. The van der Waals surface area contributed by atoms with Gasteiger partial charge in [0.2, 0.25) is 5.91 Å². The van der Waals surface area contributed by atoms with Crippen LogP contribution in [0.4, 0.5) is 0 Å². The Labute approximate surface area is 143 Å². The molecule has 0 saturated heterocycles. The first-order chi connectivity index (χ1) is 10.6. The van der Waals surface area contributed by atoms with Gasteiger partial charge < -0.3 is 15.8 Å². The lowest BCUT2D eigenvalue weighted by Crippen LogP contribution is -2.43. The monoisotopic (exact) mass is 334 g/mol. The topological polar surface area (TPSA) is 64.3 Å². The molecule has 1 amide bonds. The molecule has 5 heteroatoms. The fourth-order valence-electron chi connectivity index (χ4n) is 2.26. The summed E-state index contributed by atoms with van der Waals surface area (Å²) in [5.74, 6) is -0.206. The summed E-state index contributed by atoms with van der Waals surface area (Å²) in [6, 6.07) is 15.8. The average Bonchev–Trinajstić information content (AvgIpc) is 2.53. The minimum atomic E-state index is -0.634. The van der Waals surface area contributed by atoms with E-state index in [1.54, 1.807) is 0 Å². The van der Waals surface area contributed by atoms with Crippen LogP contribution < -0.4 is 11.1 Å². The fraction of sp³-hybridized carbons (Fsp3) is 0.278. The van der Waals surface area contributed by atoms with Crippen molar-refractivity contribution >= 4 is 18.3 Å². The van der Waals surface area contributed by atoms with E-state index in [1.165, 1.54) is 18.2 Å². The zero-order valence-corrected chi connectivity index (χ0v) is 14.2. The van der Waals surface area contributed by atoms with Gasteiger partial charge in [0.15, 0.2) is 0 Å². The predicted octanol–water partition coefficient (Wildman–Crippen LogP) is 2.67. The molecule has 2 aromatic rings. The molecule has 0 aliphatic carbocycles. The van der Waals surface area contributed by atoms with E-state index in [2.05, 4.69) is 42.6 Å². The Morgan fingerprint density at radius 2 is 1.83 bits per heavy atom. The molecule has 0 aliphatic rings. The van der Waals surface area contributed by atoms with E-state index in [0.29, 0.717) is 6.54 Å². The summed E-state index contributed by atoms with van der Waals surface area (Å²) in [6.07, 6.45) is 0. The minimum absolute atomic E-state index is 0. The highest BCUT2D eigenvalue weighted by Crippen LogP contribution is 2.21. The summed E-state index contributed by atoms with van der Waals surface area (Å²) in [4.78, 5) is 11.8. The van der Waals surface area contributed by atoms with Crippen LogP contribution in [0.3, 0.4) is 0 Å². The molecule has 0 bridgehead atoms. The molecule has 2 aromatic carbocycles. The van der Waals surface area contributed by atoms with Crippen molar-refractivity contribution in [1.29, 1.82) is 0 Å². The predicted molar refractivity (Wildman–Crippen MR) is 95.6 cm³/mol. The van der Waals surface area contributed by atoms with E-state index in [4.69, 9.17) is 10.5 Å². The molecule has 2 rings (SSSR count). The third-order valence-corrected chi connectivity index (χ3v) is 3.43. The number of carbonyl (C=O) groups excluding carboxylic acids is 1. The Hall–Kier alpha value is -1.88. The molecule has 0 spiro atoms. The van der Waals surface area contributed by atoms with Gasteiger partial charge in [0.05, 0.1) is 6.61 Å². The highest BCUT2D eigenvalue weighted by molar-refractivity contribution is 5.85.